The molecule has 0 aromatic heterocycles. The zero-order valence-electron chi connectivity index (χ0n) is 11.7. The van der Waals surface area contributed by atoms with Crippen molar-refractivity contribution < 1.29 is 4.39 Å². The monoisotopic (exact) mass is 433 g/mol. The Bertz CT molecular complexity index is 661. The smallest absolute Gasteiger partial charge is 0.148 e. The molecule has 0 saturated carbocycles. The van der Waals surface area contributed by atoms with Crippen LogP contribution in [0, 0.1) is 12.7 Å². The van der Waals surface area contributed by atoms with E-state index in [4.69, 9.17) is 11.6 Å². The van der Waals surface area contributed by atoms with Gasteiger partial charge in [-0.25, -0.2) is 4.39 Å². The lowest BCUT2D eigenvalue weighted by molar-refractivity contribution is 0.558. The molecule has 2 aromatic carbocycles. The molecule has 5 heteroatoms. The first-order valence-electron chi connectivity index (χ1n) is 6.58. The number of hydrogen-bond donors (Lipinski definition) is 1. The van der Waals surface area contributed by atoms with Gasteiger partial charge in [0, 0.05) is 14.5 Å². The van der Waals surface area contributed by atoms with E-state index < -0.39 is 5.82 Å². The van der Waals surface area contributed by atoms with E-state index in [0.29, 0.717) is 10.0 Å². The maximum absolute atomic E-state index is 14.5. The molecule has 1 unspecified atom stereocenters. The molecule has 0 fully saturated rings. The predicted molar refractivity (Wildman–Crippen MR) is 93.5 cm³/mol. The van der Waals surface area contributed by atoms with Crippen LogP contribution in [0.2, 0.25) is 5.02 Å². The van der Waals surface area contributed by atoms with Crippen molar-refractivity contribution in [3.63, 3.8) is 0 Å². The van der Waals surface area contributed by atoms with Crippen LogP contribution in [0.1, 0.15) is 29.7 Å². The molecule has 0 aliphatic rings. The molecule has 1 N–H and O–H groups in total. The molecule has 2 aromatic rings. The Balaban J connectivity index is 2.53. The fraction of sp³-hybridized carbons (Fsp3) is 0.250. The van der Waals surface area contributed by atoms with Gasteiger partial charge in [0.25, 0.3) is 0 Å². The molecule has 21 heavy (non-hydrogen) atoms. The lowest BCUT2D eigenvalue weighted by Gasteiger charge is -2.21. The van der Waals surface area contributed by atoms with E-state index in [1.165, 1.54) is 0 Å². The summed E-state index contributed by atoms with van der Waals surface area (Å²) in [5, 5.41) is 3.44. The van der Waals surface area contributed by atoms with Crippen molar-refractivity contribution in [2.75, 3.05) is 6.54 Å². The SMILES string of the molecule is CCNC(c1ccc(Br)c(C)c1)c1ccc(Br)c(Cl)c1F. The minimum Gasteiger partial charge on any atom is -0.306 e. The second-order valence-electron chi connectivity index (χ2n) is 4.76. The van der Waals surface area contributed by atoms with E-state index in [1.807, 2.05) is 32.0 Å². The molecule has 0 saturated heterocycles. The number of rotatable bonds is 4. The molecular formula is C16H15Br2ClFN. The average molecular weight is 436 g/mol. The van der Waals surface area contributed by atoms with Gasteiger partial charge in [-0.15, -0.1) is 0 Å². The summed E-state index contributed by atoms with van der Waals surface area (Å²) in [5.41, 5.74) is 2.67. The third kappa shape index (κ3) is 3.67. The summed E-state index contributed by atoms with van der Waals surface area (Å²) >= 11 is 12.7. The van der Waals surface area contributed by atoms with Crippen molar-refractivity contribution in [2.45, 2.75) is 19.9 Å². The number of hydrogen-bond acceptors (Lipinski definition) is 1. The van der Waals surface area contributed by atoms with Crippen LogP contribution < -0.4 is 5.32 Å². The summed E-state index contributed by atoms with van der Waals surface area (Å²) in [5.74, 6) is -0.391. The highest BCUT2D eigenvalue weighted by Gasteiger charge is 2.20. The molecule has 0 radical (unpaired) electrons. The van der Waals surface area contributed by atoms with Gasteiger partial charge in [-0.2, -0.15) is 0 Å². The van der Waals surface area contributed by atoms with Gasteiger partial charge in [-0.1, -0.05) is 52.7 Å². The highest BCUT2D eigenvalue weighted by Crippen LogP contribution is 2.33. The molecule has 0 aliphatic carbocycles. The zero-order valence-corrected chi connectivity index (χ0v) is 15.6. The van der Waals surface area contributed by atoms with Gasteiger partial charge in [0.15, 0.2) is 0 Å². The average Bonchev–Trinajstić information content (AvgIpc) is 2.46. The standard InChI is InChI=1S/C16H15Br2ClFN/c1-3-21-16(10-4-6-12(17)9(2)8-10)11-5-7-13(18)14(19)15(11)20/h4-8,16,21H,3H2,1-2H3. The summed E-state index contributed by atoms with van der Waals surface area (Å²) in [6, 6.07) is 9.32. The van der Waals surface area contributed by atoms with Crippen LogP contribution >= 0.6 is 43.5 Å². The van der Waals surface area contributed by atoms with Gasteiger partial charge in [0.05, 0.1) is 11.1 Å². The van der Waals surface area contributed by atoms with E-state index in [2.05, 4.69) is 37.2 Å². The lowest BCUT2D eigenvalue weighted by Crippen LogP contribution is -2.23. The Labute approximate surface area is 146 Å². The Morgan fingerprint density at radius 1 is 1.19 bits per heavy atom. The summed E-state index contributed by atoms with van der Waals surface area (Å²) in [6.45, 7) is 4.74. The molecule has 0 spiro atoms. The molecule has 1 nitrogen and oxygen atoms in total. The van der Waals surface area contributed by atoms with Crippen LogP contribution in [0.25, 0.3) is 0 Å². The summed E-state index contributed by atoms with van der Waals surface area (Å²) in [6.07, 6.45) is 0. The van der Waals surface area contributed by atoms with Gasteiger partial charge in [-0.3, -0.25) is 0 Å². The van der Waals surface area contributed by atoms with Crippen LogP contribution in [-0.2, 0) is 0 Å². The quantitative estimate of drug-likeness (QED) is 0.580. The predicted octanol–water partition coefficient (Wildman–Crippen LogP) is 6.01. The summed E-state index contributed by atoms with van der Waals surface area (Å²) in [4.78, 5) is 0. The first-order chi connectivity index (χ1) is 9.95. The maximum Gasteiger partial charge on any atom is 0.148 e. The topological polar surface area (TPSA) is 12.0 Å². The Kier molecular flexibility index (Phi) is 5.83. The van der Waals surface area contributed by atoms with Gasteiger partial charge < -0.3 is 5.32 Å². The highest BCUT2D eigenvalue weighted by atomic mass is 79.9. The molecule has 0 amide bonds. The Morgan fingerprint density at radius 2 is 1.86 bits per heavy atom. The van der Waals surface area contributed by atoms with Crippen molar-refractivity contribution in [1.82, 2.24) is 5.32 Å². The van der Waals surface area contributed by atoms with E-state index >= 15 is 0 Å². The molecule has 2 rings (SSSR count). The lowest BCUT2D eigenvalue weighted by atomic mass is 9.97. The molecule has 0 bridgehead atoms. The van der Waals surface area contributed by atoms with Crippen molar-refractivity contribution in [3.05, 3.63) is 66.8 Å². The fourth-order valence-corrected chi connectivity index (χ4v) is 2.95. The van der Waals surface area contributed by atoms with Crippen molar-refractivity contribution in [2.24, 2.45) is 0 Å². The number of benzene rings is 2. The minimum atomic E-state index is -0.391. The van der Waals surface area contributed by atoms with Crippen LogP contribution in [0.4, 0.5) is 4.39 Å². The first kappa shape index (κ1) is 16.9. The van der Waals surface area contributed by atoms with Crippen molar-refractivity contribution in [1.29, 1.82) is 0 Å². The summed E-state index contributed by atoms with van der Waals surface area (Å²) < 4.78 is 16.1. The molecular weight excluding hydrogens is 420 g/mol. The largest absolute Gasteiger partial charge is 0.306 e. The van der Waals surface area contributed by atoms with Gasteiger partial charge in [0.1, 0.15) is 5.82 Å². The first-order valence-corrected chi connectivity index (χ1v) is 8.55. The van der Waals surface area contributed by atoms with E-state index in [0.717, 1.165) is 22.1 Å². The van der Waals surface area contributed by atoms with Crippen molar-refractivity contribution in [3.8, 4) is 0 Å². The van der Waals surface area contributed by atoms with Crippen LogP contribution in [-0.4, -0.2) is 6.54 Å². The highest BCUT2D eigenvalue weighted by molar-refractivity contribution is 9.10. The Morgan fingerprint density at radius 3 is 2.48 bits per heavy atom. The van der Waals surface area contributed by atoms with E-state index in [1.54, 1.807) is 12.1 Å². The number of nitrogens with one attached hydrogen (secondary N) is 1. The molecule has 1 atom stereocenters. The number of halogens is 4. The molecule has 0 aliphatic heterocycles. The third-order valence-electron chi connectivity index (χ3n) is 3.30. The second-order valence-corrected chi connectivity index (χ2v) is 6.85. The van der Waals surface area contributed by atoms with Crippen LogP contribution in [0.15, 0.2) is 39.3 Å². The van der Waals surface area contributed by atoms with Crippen LogP contribution in [0.5, 0.6) is 0 Å². The molecule has 0 heterocycles. The van der Waals surface area contributed by atoms with Crippen molar-refractivity contribution >= 4 is 43.5 Å². The fourth-order valence-electron chi connectivity index (χ4n) is 2.22. The second kappa shape index (κ2) is 7.23. The summed E-state index contributed by atoms with van der Waals surface area (Å²) in [7, 11) is 0. The van der Waals surface area contributed by atoms with Gasteiger partial charge in [-0.05, 0) is 52.7 Å². The van der Waals surface area contributed by atoms with E-state index in [-0.39, 0.29) is 11.1 Å². The Hall–Kier alpha value is -0.420. The van der Waals surface area contributed by atoms with Gasteiger partial charge >= 0.3 is 0 Å². The maximum atomic E-state index is 14.5. The third-order valence-corrected chi connectivity index (χ3v) is 5.45. The van der Waals surface area contributed by atoms with E-state index in [9.17, 15) is 4.39 Å². The molecule has 112 valence electrons. The van der Waals surface area contributed by atoms with Gasteiger partial charge in [0.2, 0.25) is 0 Å². The minimum absolute atomic E-state index is 0.115. The number of aryl methyl sites for hydroxylation is 1. The normalized spacial score (nSPS) is 12.5. The van der Waals surface area contributed by atoms with Crippen LogP contribution in [0.3, 0.4) is 0 Å². The zero-order chi connectivity index (χ0) is 15.6.